The Bertz CT molecular complexity index is 449. The third-order valence-electron chi connectivity index (χ3n) is 2.39. The summed E-state index contributed by atoms with van der Waals surface area (Å²) in [6.07, 6.45) is -4.33. The molecule has 0 fully saturated rings. The minimum absolute atomic E-state index is 0.0291. The molecule has 3 nitrogen and oxygen atoms in total. The molecule has 0 bridgehead atoms. The van der Waals surface area contributed by atoms with Crippen LogP contribution in [0.2, 0.25) is 0 Å². The van der Waals surface area contributed by atoms with Crippen LogP contribution in [0.5, 0.6) is 0 Å². The van der Waals surface area contributed by atoms with Crippen LogP contribution >= 0.6 is 15.9 Å². The molecule has 0 aromatic heterocycles. The molecule has 0 saturated carbocycles. The van der Waals surface area contributed by atoms with Crippen molar-refractivity contribution < 1.29 is 22.7 Å². The van der Waals surface area contributed by atoms with Crippen molar-refractivity contribution >= 4 is 21.8 Å². The van der Waals surface area contributed by atoms with E-state index in [-0.39, 0.29) is 31.0 Å². The summed E-state index contributed by atoms with van der Waals surface area (Å²) in [7, 11) is 1.45. The van der Waals surface area contributed by atoms with E-state index in [1.54, 1.807) is 0 Å². The van der Waals surface area contributed by atoms with Crippen LogP contribution in [-0.2, 0) is 22.3 Å². The minimum atomic E-state index is -4.45. The molecule has 1 rings (SSSR count). The molecule has 7 heteroatoms. The monoisotopic (exact) mass is 339 g/mol. The van der Waals surface area contributed by atoms with E-state index in [1.807, 2.05) is 0 Å². The van der Waals surface area contributed by atoms with E-state index < -0.39 is 11.7 Å². The first-order valence-corrected chi connectivity index (χ1v) is 6.25. The molecule has 1 aromatic rings. The van der Waals surface area contributed by atoms with Crippen LogP contribution in [0.25, 0.3) is 0 Å². The van der Waals surface area contributed by atoms with Crippen molar-refractivity contribution in [2.75, 3.05) is 13.7 Å². The molecule has 0 spiro atoms. The van der Waals surface area contributed by atoms with Crippen molar-refractivity contribution in [1.29, 1.82) is 0 Å². The highest BCUT2D eigenvalue weighted by molar-refractivity contribution is 9.10. The van der Waals surface area contributed by atoms with Gasteiger partial charge >= 0.3 is 6.18 Å². The van der Waals surface area contributed by atoms with Crippen molar-refractivity contribution in [3.8, 4) is 0 Å². The van der Waals surface area contributed by atoms with Gasteiger partial charge in [-0.2, -0.15) is 13.2 Å². The van der Waals surface area contributed by atoms with E-state index in [0.29, 0.717) is 4.47 Å². The fourth-order valence-corrected chi connectivity index (χ4v) is 1.80. The number of halogens is 4. The molecule has 19 heavy (non-hydrogen) atoms. The van der Waals surface area contributed by atoms with Crippen molar-refractivity contribution in [3.05, 3.63) is 33.8 Å². The Hall–Kier alpha value is -1.08. The van der Waals surface area contributed by atoms with Crippen LogP contribution in [-0.4, -0.2) is 19.6 Å². The first-order chi connectivity index (χ1) is 8.84. The first kappa shape index (κ1) is 16.0. The maximum absolute atomic E-state index is 12.8. The standard InChI is InChI=1S/C12H13BrF3NO2/c1-19-5-4-11(18)17-7-8-2-3-9(13)6-10(8)12(14,15)16/h2-3,6H,4-5,7H2,1H3,(H,17,18). The van der Waals surface area contributed by atoms with Gasteiger partial charge in [0.25, 0.3) is 0 Å². The third kappa shape index (κ3) is 5.20. The lowest BCUT2D eigenvalue weighted by molar-refractivity contribution is -0.138. The Kier molecular flexibility index (Phi) is 5.81. The number of amides is 1. The van der Waals surface area contributed by atoms with E-state index in [0.717, 1.165) is 6.07 Å². The number of hydrogen-bond donors (Lipinski definition) is 1. The zero-order valence-electron chi connectivity index (χ0n) is 10.2. The zero-order valence-corrected chi connectivity index (χ0v) is 11.8. The molecule has 0 radical (unpaired) electrons. The van der Waals surface area contributed by atoms with Gasteiger partial charge in [-0.3, -0.25) is 4.79 Å². The molecule has 0 aliphatic rings. The maximum Gasteiger partial charge on any atom is 0.416 e. The van der Waals surface area contributed by atoms with Crippen LogP contribution in [0.15, 0.2) is 22.7 Å². The minimum Gasteiger partial charge on any atom is -0.384 e. The molecule has 0 heterocycles. The van der Waals surface area contributed by atoms with Gasteiger partial charge in [0.15, 0.2) is 0 Å². The second kappa shape index (κ2) is 6.91. The molecular formula is C12H13BrF3NO2. The number of methoxy groups -OCH3 is 1. The van der Waals surface area contributed by atoms with Crippen molar-refractivity contribution in [2.24, 2.45) is 0 Å². The average Bonchev–Trinajstić information content (AvgIpc) is 2.33. The van der Waals surface area contributed by atoms with Crippen molar-refractivity contribution in [2.45, 2.75) is 19.1 Å². The van der Waals surface area contributed by atoms with Gasteiger partial charge < -0.3 is 10.1 Å². The van der Waals surface area contributed by atoms with Gasteiger partial charge in [-0.25, -0.2) is 0 Å². The van der Waals surface area contributed by atoms with E-state index in [1.165, 1.54) is 19.2 Å². The van der Waals surface area contributed by atoms with Crippen LogP contribution in [0.1, 0.15) is 17.5 Å². The van der Waals surface area contributed by atoms with Gasteiger partial charge in [-0.15, -0.1) is 0 Å². The summed E-state index contributed by atoms with van der Waals surface area (Å²) in [6.45, 7) is 0.0724. The number of ether oxygens (including phenoxy) is 1. The van der Waals surface area contributed by atoms with Crippen LogP contribution in [0, 0.1) is 0 Å². The Labute approximate surface area is 117 Å². The highest BCUT2D eigenvalue weighted by Crippen LogP contribution is 2.33. The number of hydrogen-bond acceptors (Lipinski definition) is 2. The lowest BCUT2D eigenvalue weighted by Crippen LogP contribution is -2.25. The molecule has 0 saturated heterocycles. The highest BCUT2D eigenvalue weighted by Gasteiger charge is 2.33. The van der Waals surface area contributed by atoms with Gasteiger partial charge in [0.1, 0.15) is 0 Å². The third-order valence-corrected chi connectivity index (χ3v) is 2.88. The first-order valence-electron chi connectivity index (χ1n) is 5.46. The number of carbonyl (C=O) groups excluding carboxylic acids is 1. The second-order valence-electron chi connectivity index (χ2n) is 3.82. The Morgan fingerprint density at radius 3 is 2.68 bits per heavy atom. The topological polar surface area (TPSA) is 38.3 Å². The molecular weight excluding hydrogens is 327 g/mol. The van der Waals surface area contributed by atoms with Crippen LogP contribution < -0.4 is 5.32 Å². The van der Waals surface area contributed by atoms with Crippen molar-refractivity contribution in [1.82, 2.24) is 5.32 Å². The Morgan fingerprint density at radius 1 is 1.42 bits per heavy atom. The molecule has 0 unspecified atom stereocenters. The lowest BCUT2D eigenvalue weighted by Gasteiger charge is -2.14. The maximum atomic E-state index is 12.8. The summed E-state index contributed by atoms with van der Waals surface area (Å²) in [5, 5.41) is 2.43. The van der Waals surface area contributed by atoms with E-state index in [2.05, 4.69) is 21.2 Å². The van der Waals surface area contributed by atoms with E-state index in [9.17, 15) is 18.0 Å². The van der Waals surface area contributed by atoms with E-state index in [4.69, 9.17) is 4.74 Å². The molecule has 0 aliphatic carbocycles. The number of nitrogens with one attached hydrogen (secondary N) is 1. The second-order valence-corrected chi connectivity index (χ2v) is 4.73. The molecule has 1 amide bonds. The number of benzene rings is 1. The van der Waals surface area contributed by atoms with Gasteiger partial charge in [0.05, 0.1) is 12.2 Å². The number of carbonyl (C=O) groups is 1. The molecule has 1 aromatic carbocycles. The van der Waals surface area contributed by atoms with Crippen molar-refractivity contribution in [3.63, 3.8) is 0 Å². The summed E-state index contributed by atoms with van der Waals surface area (Å²) < 4.78 is 43.5. The molecule has 106 valence electrons. The summed E-state index contributed by atoms with van der Waals surface area (Å²) in [5.74, 6) is -0.349. The Morgan fingerprint density at radius 2 is 2.11 bits per heavy atom. The summed E-state index contributed by atoms with van der Waals surface area (Å²) in [6, 6.07) is 3.84. The predicted octanol–water partition coefficient (Wildman–Crippen LogP) is 3.12. The lowest BCUT2D eigenvalue weighted by atomic mass is 10.1. The number of alkyl halides is 3. The normalized spacial score (nSPS) is 11.4. The molecule has 0 atom stereocenters. The summed E-state index contributed by atoms with van der Waals surface area (Å²) >= 11 is 3.00. The fraction of sp³-hybridized carbons (Fsp3) is 0.417. The van der Waals surface area contributed by atoms with Gasteiger partial charge in [0, 0.05) is 24.5 Å². The number of rotatable bonds is 5. The SMILES string of the molecule is COCCC(=O)NCc1ccc(Br)cc1C(F)(F)F. The summed E-state index contributed by atoms with van der Waals surface area (Å²) in [5.41, 5.74) is -0.726. The van der Waals surface area contributed by atoms with Crippen LogP contribution in [0.4, 0.5) is 13.2 Å². The van der Waals surface area contributed by atoms with E-state index >= 15 is 0 Å². The molecule has 0 aliphatic heterocycles. The average molecular weight is 340 g/mol. The van der Waals surface area contributed by atoms with Gasteiger partial charge in [0.2, 0.25) is 5.91 Å². The predicted molar refractivity (Wildman–Crippen MR) is 67.5 cm³/mol. The quantitative estimate of drug-likeness (QED) is 0.895. The highest BCUT2D eigenvalue weighted by atomic mass is 79.9. The zero-order chi connectivity index (χ0) is 14.5. The summed E-state index contributed by atoms with van der Waals surface area (Å²) in [4.78, 5) is 11.3. The molecule has 1 N–H and O–H groups in total. The fourth-order valence-electron chi connectivity index (χ4n) is 1.44. The Balaban J connectivity index is 2.76. The van der Waals surface area contributed by atoms with Crippen LogP contribution in [0.3, 0.4) is 0 Å². The van der Waals surface area contributed by atoms with Gasteiger partial charge in [-0.05, 0) is 17.7 Å². The largest absolute Gasteiger partial charge is 0.416 e. The smallest absolute Gasteiger partial charge is 0.384 e. The van der Waals surface area contributed by atoms with Gasteiger partial charge in [-0.1, -0.05) is 22.0 Å².